The fourth-order valence-electron chi connectivity index (χ4n) is 6.09. The number of unbranched alkanes of at least 4 members (excludes halogenated alkanes) is 1. The highest BCUT2D eigenvalue weighted by Gasteiger charge is 2.19. The minimum Gasteiger partial charge on any atom is -0.465 e. The van der Waals surface area contributed by atoms with E-state index in [-0.39, 0.29) is 12.1 Å². The Kier molecular flexibility index (Phi) is 9.62. The summed E-state index contributed by atoms with van der Waals surface area (Å²) in [6, 6.07) is 32.7. The molecule has 6 aromatic rings. The maximum absolute atomic E-state index is 13.9. The standard InChI is InChI=1S/C40H37N3O5/c1-4-5-16-36-41-37-35(43(36)26-28-18-20-32(30-14-10-7-11-15-30)34(24-28)40(46)48-3)21-22-42(38(37)44)25-27-17-19-31(29-12-8-6-9-13-29)33(23-27)39(45)47-2/h6-15,17-24H,4-5,16,25-26H2,1-3H3. The molecule has 0 bridgehead atoms. The number of esters is 2. The van der Waals surface area contributed by atoms with Gasteiger partial charge in [-0.3, -0.25) is 4.79 Å². The Labute approximate surface area is 279 Å². The van der Waals surface area contributed by atoms with Crippen LogP contribution in [-0.4, -0.2) is 40.3 Å². The molecule has 8 heteroatoms. The monoisotopic (exact) mass is 639 g/mol. The van der Waals surface area contributed by atoms with Crippen LogP contribution < -0.4 is 5.56 Å². The summed E-state index contributed by atoms with van der Waals surface area (Å²) in [5.41, 5.74) is 6.88. The van der Waals surface area contributed by atoms with Crippen molar-refractivity contribution in [1.29, 1.82) is 0 Å². The van der Waals surface area contributed by atoms with Crippen LogP contribution >= 0.6 is 0 Å². The summed E-state index contributed by atoms with van der Waals surface area (Å²) in [7, 11) is 2.75. The second kappa shape index (κ2) is 14.3. The maximum atomic E-state index is 13.9. The Balaban J connectivity index is 1.37. The van der Waals surface area contributed by atoms with Crippen molar-refractivity contribution in [2.45, 2.75) is 39.3 Å². The molecule has 242 valence electrons. The van der Waals surface area contributed by atoms with E-state index in [1.54, 1.807) is 16.8 Å². The van der Waals surface area contributed by atoms with Crippen molar-refractivity contribution in [2.75, 3.05) is 14.2 Å². The van der Waals surface area contributed by atoms with Gasteiger partial charge in [-0.15, -0.1) is 0 Å². The number of ether oxygens (including phenoxy) is 2. The average Bonchev–Trinajstić information content (AvgIpc) is 3.49. The molecular formula is C40H37N3O5. The lowest BCUT2D eigenvalue weighted by molar-refractivity contribution is 0.0592. The zero-order chi connectivity index (χ0) is 33.6. The molecule has 0 amide bonds. The van der Waals surface area contributed by atoms with Gasteiger partial charge in [0.25, 0.3) is 5.56 Å². The van der Waals surface area contributed by atoms with Gasteiger partial charge in [0.2, 0.25) is 0 Å². The van der Waals surface area contributed by atoms with Crippen LogP contribution in [0.1, 0.15) is 57.4 Å². The number of hydrogen-bond donors (Lipinski definition) is 0. The topological polar surface area (TPSA) is 92.4 Å². The third-order valence-electron chi connectivity index (χ3n) is 8.56. The van der Waals surface area contributed by atoms with E-state index in [0.29, 0.717) is 29.6 Å². The van der Waals surface area contributed by atoms with Crippen molar-refractivity contribution in [3.8, 4) is 22.3 Å². The van der Waals surface area contributed by atoms with Gasteiger partial charge in [-0.2, -0.15) is 0 Å². The number of fused-ring (bicyclic) bond motifs is 1. The van der Waals surface area contributed by atoms with E-state index in [2.05, 4.69) is 11.5 Å². The second-order valence-electron chi connectivity index (χ2n) is 11.7. The van der Waals surface area contributed by atoms with E-state index in [1.165, 1.54) is 14.2 Å². The van der Waals surface area contributed by atoms with Gasteiger partial charge in [-0.1, -0.05) is 98.3 Å². The van der Waals surface area contributed by atoms with Gasteiger partial charge in [-0.05, 0) is 58.0 Å². The first-order valence-corrected chi connectivity index (χ1v) is 16.0. The minimum atomic E-state index is -0.440. The van der Waals surface area contributed by atoms with Gasteiger partial charge in [0.1, 0.15) is 5.82 Å². The molecule has 0 saturated heterocycles. The number of hydrogen-bond acceptors (Lipinski definition) is 6. The van der Waals surface area contributed by atoms with Crippen LogP contribution in [0.3, 0.4) is 0 Å². The number of carbonyl (C=O) groups excluding carboxylic acids is 2. The molecule has 4 aromatic carbocycles. The van der Waals surface area contributed by atoms with Crippen molar-refractivity contribution in [3.63, 3.8) is 0 Å². The number of aryl methyl sites for hydroxylation is 1. The van der Waals surface area contributed by atoms with Crippen LogP contribution in [0, 0.1) is 0 Å². The highest BCUT2D eigenvalue weighted by Crippen LogP contribution is 2.28. The molecule has 0 fully saturated rings. The van der Waals surface area contributed by atoms with E-state index < -0.39 is 11.9 Å². The van der Waals surface area contributed by atoms with Gasteiger partial charge < -0.3 is 18.6 Å². The number of carbonyl (C=O) groups is 2. The summed E-state index contributed by atoms with van der Waals surface area (Å²) >= 11 is 0. The van der Waals surface area contributed by atoms with Crippen LogP contribution in [0.2, 0.25) is 0 Å². The number of imidazole rings is 1. The fourth-order valence-corrected chi connectivity index (χ4v) is 6.09. The summed E-state index contributed by atoms with van der Waals surface area (Å²) in [5.74, 6) is -0.0361. The molecular weight excluding hydrogens is 602 g/mol. The SMILES string of the molecule is CCCCc1nc2c(=O)n(Cc3ccc(-c4ccccc4)c(C(=O)OC)c3)ccc2n1Cc1ccc(-c2ccccc2)c(C(=O)OC)c1. The molecule has 0 aliphatic rings. The Bertz CT molecular complexity index is 2150. The van der Waals surface area contributed by atoms with E-state index >= 15 is 0 Å². The van der Waals surface area contributed by atoms with E-state index in [1.807, 2.05) is 97.1 Å². The van der Waals surface area contributed by atoms with Crippen LogP contribution in [-0.2, 0) is 29.0 Å². The summed E-state index contributed by atoms with van der Waals surface area (Å²) in [6.45, 7) is 2.81. The van der Waals surface area contributed by atoms with Gasteiger partial charge >= 0.3 is 11.9 Å². The molecule has 48 heavy (non-hydrogen) atoms. The molecule has 2 heterocycles. The predicted octanol–water partition coefficient (Wildman–Crippen LogP) is 7.54. The molecule has 6 rings (SSSR count). The molecule has 0 spiro atoms. The first kappa shape index (κ1) is 32.2. The Morgan fingerprint density at radius 1 is 0.708 bits per heavy atom. The lowest BCUT2D eigenvalue weighted by atomic mass is 9.97. The van der Waals surface area contributed by atoms with Crippen molar-refractivity contribution < 1.29 is 19.1 Å². The Morgan fingerprint density at radius 2 is 1.25 bits per heavy atom. The Hall–Kier alpha value is -5.76. The van der Waals surface area contributed by atoms with Gasteiger partial charge in [0, 0.05) is 19.2 Å². The van der Waals surface area contributed by atoms with Crippen LogP contribution in [0.4, 0.5) is 0 Å². The van der Waals surface area contributed by atoms with Crippen LogP contribution in [0.25, 0.3) is 33.3 Å². The maximum Gasteiger partial charge on any atom is 0.338 e. The summed E-state index contributed by atoms with van der Waals surface area (Å²) in [6.07, 6.45) is 4.38. The summed E-state index contributed by atoms with van der Waals surface area (Å²) < 4.78 is 13.9. The van der Waals surface area contributed by atoms with Gasteiger partial charge in [0.05, 0.1) is 37.4 Å². The van der Waals surface area contributed by atoms with Gasteiger partial charge in [0.15, 0.2) is 5.52 Å². The van der Waals surface area contributed by atoms with E-state index in [4.69, 9.17) is 14.5 Å². The van der Waals surface area contributed by atoms with Crippen molar-refractivity contribution in [3.05, 3.63) is 148 Å². The summed E-state index contributed by atoms with van der Waals surface area (Å²) in [4.78, 5) is 44.4. The number of methoxy groups -OCH3 is 2. The quantitative estimate of drug-likeness (QED) is 0.136. The highest BCUT2D eigenvalue weighted by molar-refractivity contribution is 5.98. The number of rotatable bonds is 11. The highest BCUT2D eigenvalue weighted by atomic mass is 16.5. The van der Waals surface area contributed by atoms with E-state index in [0.717, 1.165) is 57.6 Å². The normalized spacial score (nSPS) is 11.1. The third-order valence-corrected chi connectivity index (χ3v) is 8.56. The third kappa shape index (κ3) is 6.55. The first-order chi connectivity index (χ1) is 23.4. The largest absolute Gasteiger partial charge is 0.465 e. The number of nitrogens with zero attached hydrogens (tertiary/aromatic N) is 3. The van der Waals surface area contributed by atoms with Crippen LogP contribution in [0.5, 0.6) is 0 Å². The lowest BCUT2D eigenvalue weighted by Gasteiger charge is -2.14. The molecule has 0 aliphatic carbocycles. The molecule has 2 aromatic heterocycles. The smallest absolute Gasteiger partial charge is 0.338 e. The molecule has 0 N–H and O–H groups in total. The molecule has 0 atom stereocenters. The number of benzene rings is 4. The fraction of sp³-hybridized carbons (Fsp3) is 0.200. The average molecular weight is 640 g/mol. The van der Waals surface area contributed by atoms with Gasteiger partial charge in [-0.25, -0.2) is 14.6 Å². The number of pyridine rings is 1. The number of aromatic nitrogens is 3. The Morgan fingerprint density at radius 3 is 1.77 bits per heavy atom. The predicted molar refractivity (Wildman–Crippen MR) is 187 cm³/mol. The second-order valence-corrected chi connectivity index (χ2v) is 11.7. The zero-order valence-corrected chi connectivity index (χ0v) is 27.3. The molecule has 0 saturated carbocycles. The lowest BCUT2D eigenvalue weighted by Crippen LogP contribution is -2.20. The molecule has 0 radical (unpaired) electrons. The van der Waals surface area contributed by atoms with Crippen molar-refractivity contribution in [1.82, 2.24) is 14.1 Å². The zero-order valence-electron chi connectivity index (χ0n) is 27.3. The molecule has 0 unspecified atom stereocenters. The molecule has 0 aliphatic heterocycles. The first-order valence-electron chi connectivity index (χ1n) is 16.0. The minimum absolute atomic E-state index is 0.217. The molecule has 8 nitrogen and oxygen atoms in total. The summed E-state index contributed by atoms with van der Waals surface area (Å²) in [5, 5.41) is 0. The van der Waals surface area contributed by atoms with Crippen LogP contribution in [0.15, 0.2) is 114 Å². The van der Waals surface area contributed by atoms with E-state index in [9.17, 15) is 14.4 Å². The van der Waals surface area contributed by atoms with Crippen molar-refractivity contribution >= 4 is 23.0 Å². The van der Waals surface area contributed by atoms with Crippen molar-refractivity contribution in [2.24, 2.45) is 0 Å².